The van der Waals surface area contributed by atoms with Crippen LogP contribution in [0.5, 0.6) is 0 Å². The number of nitrogens with one attached hydrogen (secondary N) is 1. The van der Waals surface area contributed by atoms with Gasteiger partial charge in [-0.25, -0.2) is 0 Å². The molecule has 16 heavy (non-hydrogen) atoms. The smallest absolute Gasteiger partial charge is 0.0637 e. The minimum Gasteiger partial charge on any atom is -0.310 e. The lowest BCUT2D eigenvalue weighted by Gasteiger charge is -2.12. The zero-order chi connectivity index (χ0) is 10.7. The van der Waals surface area contributed by atoms with E-state index in [1.54, 1.807) is 0 Å². The van der Waals surface area contributed by atoms with Crippen molar-refractivity contribution < 1.29 is 0 Å². The topological polar surface area (TPSA) is 12.0 Å². The monoisotopic (exact) mass is 279 g/mol. The molecule has 0 radical (unpaired) electrons. The number of rotatable bonds is 3. The van der Waals surface area contributed by atoms with Crippen LogP contribution in [0, 0.1) is 0 Å². The van der Waals surface area contributed by atoms with Gasteiger partial charge in [-0.3, -0.25) is 0 Å². The molecule has 1 aliphatic carbocycles. The van der Waals surface area contributed by atoms with Gasteiger partial charge in [0.05, 0.1) is 10.0 Å². The Balaban J connectivity index is 0.00000128. The molecule has 0 atom stereocenters. The van der Waals surface area contributed by atoms with Gasteiger partial charge < -0.3 is 5.32 Å². The molecular formula is C12H16Cl3N. The minimum atomic E-state index is 0. The molecule has 0 saturated heterocycles. The Morgan fingerprint density at radius 2 is 1.88 bits per heavy atom. The third-order valence-corrected chi connectivity index (χ3v) is 3.83. The first kappa shape index (κ1) is 14.1. The summed E-state index contributed by atoms with van der Waals surface area (Å²) in [4.78, 5) is 0. The first-order valence-electron chi connectivity index (χ1n) is 5.43. The van der Waals surface area contributed by atoms with Crippen molar-refractivity contribution in [2.75, 3.05) is 0 Å². The van der Waals surface area contributed by atoms with Gasteiger partial charge in [-0.1, -0.05) is 48.2 Å². The SMILES string of the molecule is Cl.Clc1cccc(CNC2CCCC2)c1Cl. The van der Waals surface area contributed by atoms with E-state index in [4.69, 9.17) is 23.2 Å². The molecular weight excluding hydrogens is 264 g/mol. The van der Waals surface area contributed by atoms with Crippen molar-refractivity contribution in [2.45, 2.75) is 38.3 Å². The van der Waals surface area contributed by atoms with Crippen LogP contribution in [0.2, 0.25) is 10.0 Å². The lowest BCUT2D eigenvalue weighted by Crippen LogP contribution is -2.25. The van der Waals surface area contributed by atoms with Gasteiger partial charge in [0.1, 0.15) is 0 Å². The highest BCUT2D eigenvalue weighted by molar-refractivity contribution is 6.42. The van der Waals surface area contributed by atoms with Crippen LogP contribution < -0.4 is 5.32 Å². The maximum atomic E-state index is 6.11. The zero-order valence-electron chi connectivity index (χ0n) is 9.01. The summed E-state index contributed by atoms with van der Waals surface area (Å²) >= 11 is 12.1. The van der Waals surface area contributed by atoms with E-state index in [9.17, 15) is 0 Å². The van der Waals surface area contributed by atoms with Crippen LogP contribution >= 0.6 is 35.6 Å². The lowest BCUT2D eigenvalue weighted by molar-refractivity contribution is 0.524. The van der Waals surface area contributed by atoms with Gasteiger partial charge in [-0.05, 0) is 24.5 Å². The highest BCUT2D eigenvalue weighted by Crippen LogP contribution is 2.26. The number of hydrogen-bond acceptors (Lipinski definition) is 1. The molecule has 1 aliphatic rings. The number of benzene rings is 1. The van der Waals surface area contributed by atoms with E-state index in [0.717, 1.165) is 12.1 Å². The molecule has 0 spiro atoms. The second kappa shape index (κ2) is 6.70. The molecule has 0 amide bonds. The Labute approximate surface area is 113 Å². The van der Waals surface area contributed by atoms with Crippen LogP contribution in [0.25, 0.3) is 0 Å². The number of hydrogen-bond donors (Lipinski definition) is 1. The van der Waals surface area contributed by atoms with E-state index >= 15 is 0 Å². The fourth-order valence-corrected chi connectivity index (χ4v) is 2.46. The second-order valence-corrected chi connectivity index (χ2v) is 4.86. The predicted octanol–water partition coefficient (Wildman–Crippen LogP) is 4.45. The van der Waals surface area contributed by atoms with Crippen molar-refractivity contribution in [3.8, 4) is 0 Å². The van der Waals surface area contributed by atoms with Gasteiger partial charge in [0.2, 0.25) is 0 Å². The van der Waals surface area contributed by atoms with Gasteiger partial charge in [-0.2, -0.15) is 0 Å². The summed E-state index contributed by atoms with van der Waals surface area (Å²) in [6, 6.07) is 6.46. The zero-order valence-corrected chi connectivity index (χ0v) is 11.3. The van der Waals surface area contributed by atoms with Gasteiger partial charge >= 0.3 is 0 Å². The van der Waals surface area contributed by atoms with Crippen molar-refractivity contribution in [3.63, 3.8) is 0 Å². The Bertz CT molecular complexity index is 335. The van der Waals surface area contributed by atoms with Crippen LogP contribution in [0.1, 0.15) is 31.2 Å². The third-order valence-electron chi connectivity index (χ3n) is 2.97. The van der Waals surface area contributed by atoms with E-state index < -0.39 is 0 Å². The lowest BCUT2D eigenvalue weighted by atomic mass is 10.2. The summed E-state index contributed by atoms with van der Waals surface area (Å²) in [5, 5.41) is 4.85. The summed E-state index contributed by atoms with van der Waals surface area (Å²) < 4.78 is 0. The molecule has 0 heterocycles. The summed E-state index contributed by atoms with van der Waals surface area (Å²) in [7, 11) is 0. The fourth-order valence-electron chi connectivity index (χ4n) is 2.07. The second-order valence-electron chi connectivity index (χ2n) is 4.08. The van der Waals surface area contributed by atoms with E-state index in [-0.39, 0.29) is 12.4 Å². The predicted molar refractivity (Wildman–Crippen MR) is 72.8 cm³/mol. The highest BCUT2D eigenvalue weighted by Gasteiger charge is 2.14. The van der Waals surface area contributed by atoms with Crippen molar-refractivity contribution in [1.82, 2.24) is 5.32 Å². The van der Waals surface area contributed by atoms with E-state index in [1.165, 1.54) is 25.7 Å². The van der Waals surface area contributed by atoms with Gasteiger partial charge in [0.15, 0.2) is 0 Å². The fraction of sp³-hybridized carbons (Fsp3) is 0.500. The van der Waals surface area contributed by atoms with E-state index in [1.807, 2.05) is 18.2 Å². The minimum absolute atomic E-state index is 0. The van der Waals surface area contributed by atoms with Crippen molar-refractivity contribution in [3.05, 3.63) is 33.8 Å². The number of halogens is 3. The van der Waals surface area contributed by atoms with Gasteiger partial charge in [0, 0.05) is 12.6 Å². The molecule has 4 heteroatoms. The van der Waals surface area contributed by atoms with Crippen molar-refractivity contribution in [2.24, 2.45) is 0 Å². The van der Waals surface area contributed by atoms with Crippen LogP contribution in [0.4, 0.5) is 0 Å². The molecule has 0 aromatic heterocycles. The van der Waals surface area contributed by atoms with E-state index in [2.05, 4.69) is 5.32 Å². The third kappa shape index (κ3) is 3.53. The summed E-state index contributed by atoms with van der Waals surface area (Å²) in [6.07, 6.45) is 5.28. The van der Waals surface area contributed by atoms with Crippen LogP contribution in [-0.4, -0.2) is 6.04 Å². The molecule has 1 aromatic carbocycles. The maximum Gasteiger partial charge on any atom is 0.0637 e. The van der Waals surface area contributed by atoms with Crippen molar-refractivity contribution in [1.29, 1.82) is 0 Å². The molecule has 1 saturated carbocycles. The molecule has 1 fully saturated rings. The quantitative estimate of drug-likeness (QED) is 0.863. The average Bonchev–Trinajstić information content (AvgIpc) is 2.73. The molecule has 0 bridgehead atoms. The summed E-state index contributed by atoms with van der Waals surface area (Å²) in [5.74, 6) is 0. The summed E-state index contributed by atoms with van der Waals surface area (Å²) in [5.41, 5.74) is 1.09. The Kier molecular flexibility index (Phi) is 5.91. The molecule has 0 unspecified atom stereocenters. The maximum absolute atomic E-state index is 6.11. The standard InChI is InChI=1S/C12H15Cl2N.ClH/c13-11-7-3-4-9(12(11)14)8-15-10-5-1-2-6-10;/h3-4,7,10,15H,1-2,5-6,8H2;1H. The van der Waals surface area contributed by atoms with Crippen molar-refractivity contribution >= 4 is 35.6 Å². The first-order chi connectivity index (χ1) is 7.27. The first-order valence-corrected chi connectivity index (χ1v) is 6.19. The molecule has 1 aromatic rings. The Morgan fingerprint density at radius 1 is 1.19 bits per heavy atom. The highest BCUT2D eigenvalue weighted by atomic mass is 35.5. The van der Waals surface area contributed by atoms with Gasteiger partial charge in [-0.15, -0.1) is 12.4 Å². The molecule has 0 aliphatic heterocycles. The Morgan fingerprint density at radius 3 is 2.56 bits per heavy atom. The molecule has 90 valence electrons. The normalized spacial score (nSPS) is 16.1. The van der Waals surface area contributed by atoms with Crippen LogP contribution in [-0.2, 0) is 6.54 Å². The van der Waals surface area contributed by atoms with Crippen LogP contribution in [0.3, 0.4) is 0 Å². The van der Waals surface area contributed by atoms with Gasteiger partial charge in [0.25, 0.3) is 0 Å². The molecule has 1 N–H and O–H groups in total. The molecule has 1 nitrogen and oxygen atoms in total. The summed E-state index contributed by atoms with van der Waals surface area (Å²) in [6.45, 7) is 0.823. The van der Waals surface area contributed by atoms with E-state index in [0.29, 0.717) is 16.1 Å². The molecule has 2 rings (SSSR count). The average molecular weight is 281 g/mol. The Hall–Kier alpha value is 0.0500. The van der Waals surface area contributed by atoms with Crippen LogP contribution in [0.15, 0.2) is 18.2 Å². The largest absolute Gasteiger partial charge is 0.310 e.